The van der Waals surface area contributed by atoms with Crippen molar-refractivity contribution in [3.05, 3.63) is 71.3 Å². The van der Waals surface area contributed by atoms with Gasteiger partial charge in [-0.3, -0.25) is 9.59 Å². The van der Waals surface area contributed by atoms with E-state index >= 15 is 0 Å². The summed E-state index contributed by atoms with van der Waals surface area (Å²) in [6.07, 6.45) is -10.6. The van der Waals surface area contributed by atoms with Crippen molar-refractivity contribution in [2.45, 2.75) is 76.7 Å². The Morgan fingerprint density at radius 3 is 1.53 bits per heavy atom. The molecule has 4 rings (SSSR count). The molecule has 2 aromatic rings. The fraction of sp³-hybridized carbons (Fsp3) is 0.516. The van der Waals surface area contributed by atoms with Crippen molar-refractivity contribution in [3.63, 3.8) is 0 Å². The minimum atomic E-state index is -5.05. The lowest BCUT2D eigenvalue weighted by Gasteiger charge is -2.45. The molecule has 0 aliphatic carbocycles. The molecule has 47 heavy (non-hydrogen) atoms. The van der Waals surface area contributed by atoms with Crippen LogP contribution in [0, 0.1) is 11.6 Å². The lowest BCUT2D eigenvalue weighted by Crippen LogP contribution is -2.59. The molecule has 2 fully saturated rings. The fourth-order valence-electron chi connectivity index (χ4n) is 5.19. The third kappa shape index (κ3) is 10.0. The summed E-state index contributed by atoms with van der Waals surface area (Å²) in [5, 5.41) is 3.03. The summed E-state index contributed by atoms with van der Waals surface area (Å²) in [6.45, 7) is 7.93. The monoisotopic (exact) mass is 680 g/mol. The number of ether oxygens (including phenoxy) is 1. The molecule has 0 bridgehead atoms. The van der Waals surface area contributed by atoms with Gasteiger partial charge in [0.2, 0.25) is 0 Å². The van der Waals surface area contributed by atoms with Crippen LogP contribution in [0.1, 0.15) is 57.8 Å². The number of carbonyl (C=O) groups is 3. The molecular formula is C31H36F8N4O4. The average Bonchev–Trinajstić information content (AvgIpc) is 2.95. The van der Waals surface area contributed by atoms with Crippen LogP contribution in [-0.4, -0.2) is 88.8 Å². The van der Waals surface area contributed by atoms with Crippen LogP contribution in [0.4, 0.5) is 39.9 Å². The third-order valence-corrected chi connectivity index (χ3v) is 7.39. The van der Waals surface area contributed by atoms with E-state index in [2.05, 4.69) is 5.32 Å². The quantitative estimate of drug-likeness (QED) is 0.386. The highest BCUT2D eigenvalue weighted by Crippen LogP contribution is 2.33. The zero-order valence-corrected chi connectivity index (χ0v) is 26.3. The summed E-state index contributed by atoms with van der Waals surface area (Å²) >= 11 is 0. The molecule has 2 saturated heterocycles. The number of halogens is 8. The zero-order chi connectivity index (χ0) is 35.5. The van der Waals surface area contributed by atoms with Crippen LogP contribution >= 0.6 is 0 Å². The molecular weight excluding hydrogens is 644 g/mol. The summed E-state index contributed by atoms with van der Waals surface area (Å²) in [7, 11) is 0. The Labute approximate surface area is 266 Å². The number of piperazine rings is 2. The van der Waals surface area contributed by atoms with Crippen LogP contribution in [0.2, 0.25) is 0 Å². The van der Waals surface area contributed by atoms with Crippen LogP contribution < -0.4 is 5.32 Å². The first-order valence-electron chi connectivity index (χ1n) is 14.6. The molecule has 0 radical (unpaired) electrons. The highest BCUT2D eigenvalue weighted by atomic mass is 19.4. The molecule has 3 amide bonds. The van der Waals surface area contributed by atoms with Gasteiger partial charge in [0.25, 0.3) is 0 Å². The Balaban J connectivity index is 0.000000267. The smallest absolute Gasteiger partial charge is 0.444 e. The standard InChI is InChI=1S/C18H22F4N2O3.C13H14F4N2O/c1-11-9-24(15(25)18(20,21)22)14(12-5-7-13(19)8-6-12)10-23(11)16(26)27-17(2,3)4;1-8-7-19(12(20)13(15,16)17)11(6-18-8)9-2-4-10(14)5-3-9/h5-8,11,14H,9-10H2,1-4H3;2-5,8,11,18H,6-7H2,1H3. The Bertz CT molecular complexity index is 1390. The molecule has 1 N–H and O–H groups in total. The van der Waals surface area contributed by atoms with Crippen LogP contribution in [0.25, 0.3) is 0 Å². The van der Waals surface area contributed by atoms with Gasteiger partial charge < -0.3 is 24.8 Å². The number of hydrogen-bond donors (Lipinski definition) is 1. The van der Waals surface area contributed by atoms with Crippen LogP contribution in [0.15, 0.2) is 48.5 Å². The third-order valence-electron chi connectivity index (χ3n) is 7.39. The Kier molecular flexibility index (Phi) is 11.5. The second-order valence-electron chi connectivity index (χ2n) is 12.3. The van der Waals surface area contributed by atoms with Gasteiger partial charge in [-0.05, 0) is 70.0 Å². The predicted molar refractivity (Wildman–Crippen MR) is 154 cm³/mol. The van der Waals surface area contributed by atoms with Gasteiger partial charge in [0.1, 0.15) is 17.2 Å². The summed E-state index contributed by atoms with van der Waals surface area (Å²) in [5.74, 6) is -4.88. The van der Waals surface area contributed by atoms with Crippen molar-refractivity contribution in [1.29, 1.82) is 0 Å². The Hall–Kier alpha value is -3.95. The SMILES string of the molecule is CC1CN(C(=O)C(F)(F)F)C(c2ccc(F)cc2)CN1.CC1CN(C(=O)C(F)(F)F)C(c2ccc(F)cc2)CN1C(=O)OC(C)(C)C. The molecule has 4 unspecified atom stereocenters. The van der Waals surface area contributed by atoms with E-state index in [4.69, 9.17) is 4.74 Å². The van der Waals surface area contributed by atoms with Crippen molar-refractivity contribution < 1.29 is 54.2 Å². The normalized spacial score (nSPS) is 22.3. The van der Waals surface area contributed by atoms with Gasteiger partial charge in [-0.2, -0.15) is 26.3 Å². The van der Waals surface area contributed by atoms with E-state index in [0.29, 0.717) is 16.0 Å². The second-order valence-corrected chi connectivity index (χ2v) is 12.3. The lowest BCUT2D eigenvalue weighted by atomic mass is 9.99. The van der Waals surface area contributed by atoms with E-state index in [9.17, 15) is 49.5 Å². The minimum absolute atomic E-state index is 0.0413. The molecule has 260 valence electrons. The molecule has 2 aromatic carbocycles. The van der Waals surface area contributed by atoms with Crippen molar-refractivity contribution in [2.24, 2.45) is 0 Å². The number of hydrogen-bond acceptors (Lipinski definition) is 5. The molecule has 4 atom stereocenters. The zero-order valence-electron chi connectivity index (χ0n) is 26.3. The van der Waals surface area contributed by atoms with Crippen molar-refractivity contribution in [3.8, 4) is 0 Å². The van der Waals surface area contributed by atoms with Crippen LogP contribution in [-0.2, 0) is 14.3 Å². The van der Waals surface area contributed by atoms with Gasteiger partial charge in [-0.25, -0.2) is 13.6 Å². The van der Waals surface area contributed by atoms with Crippen LogP contribution in [0.5, 0.6) is 0 Å². The van der Waals surface area contributed by atoms with E-state index in [-0.39, 0.29) is 32.2 Å². The van der Waals surface area contributed by atoms with Crippen molar-refractivity contribution in [2.75, 3.05) is 26.2 Å². The van der Waals surface area contributed by atoms with Gasteiger partial charge in [0.15, 0.2) is 0 Å². The first-order valence-corrected chi connectivity index (χ1v) is 14.6. The van der Waals surface area contributed by atoms with Crippen molar-refractivity contribution >= 4 is 17.9 Å². The van der Waals surface area contributed by atoms with Gasteiger partial charge in [0, 0.05) is 38.3 Å². The average molecular weight is 681 g/mol. The van der Waals surface area contributed by atoms with Crippen LogP contribution in [0.3, 0.4) is 0 Å². The molecule has 2 heterocycles. The van der Waals surface area contributed by atoms with E-state index in [1.54, 1.807) is 34.6 Å². The summed E-state index contributed by atoms with van der Waals surface area (Å²) in [5.41, 5.74) is -0.000893. The van der Waals surface area contributed by atoms with E-state index in [0.717, 1.165) is 17.0 Å². The Morgan fingerprint density at radius 2 is 1.11 bits per heavy atom. The Morgan fingerprint density at radius 1 is 0.681 bits per heavy atom. The van der Waals surface area contributed by atoms with E-state index in [1.807, 2.05) is 0 Å². The van der Waals surface area contributed by atoms with E-state index < -0.39 is 65.6 Å². The molecule has 8 nitrogen and oxygen atoms in total. The molecule has 0 aromatic heterocycles. The molecule has 0 saturated carbocycles. The highest BCUT2D eigenvalue weighted by Gasteiger charge is 2.49. The second kappa shape index (κ2) is 14.4. The summed E-state index contributed by atoms with van der Waals surface area (Å²) < 4.78 is 108. The fourth-order valence-corrected chi connectivity index (χ4v) is 5.19. The van der Waals surface area contributed by atoms with Gasteiger partial charge in [-0.1, -0.05) is 24.3 Å². The van der Waals surface area contributed by atoms with E-state index in [1.165, 1.54) is 41.3 Å². The van der Waals surface area contributed by atoms with Gasteiger partial charge in [0.05, 0.1) is 12.1 Å². The molecule has 0 spiro atoms. The molecule has 16 heteroatoms. The van der Waals surface area contributed by atoms with Gasteiger partial charge in [-0.15, -0.1) is 0 Å². The lowest BCUT2D eigenvalue weighted by molar-refractivity contribution is -0.191. The molecule has 2 aliphatic rings. The maximum Gasteiger partial charge on any atom is 0.471 e. The number of amides is 3. The maximum absolute atomic E-state index is 13.2. The summed E-state index contributed by atoms with van der Waals surface area (Å²) in [6, 6.07) is 7.23. The maximum atomic E-state index is 13.2. The van der Waals surface area contributed by atoms with Crippen molar-refractivity contribution in [1.82, 2.24) is 20.0 Å². The van der Waals surface area contributed by atoms with Gasteiger partial charge >= 0.3 is 30.3 Å². The summed E-state index contributed by atoms with van der Waals surface area (Å²) in [4.78, 5) is 38.6. The number of benzene rings is 2. The highest BCUT2D eigenvalue weighted by molar-refractivity contribution is 5.83. The number of nitrogens with one attached hydrogen (secondary N) is 1. The minimum Gasteiger partial charge on any atom is -0.444 e. The number of nitrogens with zero attached hydrogens (tertiary/aromatic N) is 3. The number of alkyl halides is 6. The largest absolute Gasteiger partial charge is 0.471 e. The number of rotatable bonds is 2. The predicted octanol–water partition coefficient (Wildman–Crippen LogP) is 6.15. The first kappa shape index (κ1) is 37.5. The molecule has 2 aliphatic heterocycles. The first-order chi connectivity index (χ1) is 21.6. The topological polar surface area (TPSA) is 82.2 Å². The number of carbonyl (C=O) groups excluding carboxylic acids is 3.